The molecule has 0 bridgehead atoms. The Balaban J connectivity index is 0.745. The second kappa shape index (κ2) is 25.0. The minimum atomic E-state index is -3.02. The van der Waals surface area contributed by atoms with Crippen molar-refractivity contribution in [1.29, 1.82) is 0 Å². The number of halogens is 3. The van der Waals surface area contributed by atoms with Crippen LogP contribution in [0.4, 0.5) is 24.7 Å². The molecular formula is C58H72F3N13O6S. The van der Waals surface area contributed by atoms with Crippen LogP contribution in [0.25, 0.3) is 32.9 Å². The van der Waals surface area contributed by atoms with Crippen molar-refractivity contribution < 1.29 is 42.6 Å². The van der Waals surface area contributed by atoms with Crippen LogP contribution in [0.15, 0.2) is 72.9 Å². The van der Waals surface area contributed by atoms with Crippen LogP contribution in [-0.4, -0.2) is 142 Å². The van der Waals surface area contributed by atoms with Gasteiger partial charge in [0.05, 0.1) is 58.2 Å². The number of nitrogens with zero attached hydrogens (tertiary/aromatic N) is 9. The van der Waals surface area contributed by atoms with Crippen LogP contribution >= 0.6 is 11.3 Å². The van der Waals surface area contributed by atoms with Gasteiger partial charge in [0.1, 0.15) is 35.8 Å². The number of imidazole rings is 1. The molecule has 6 aromatic rings. The number of carbonyl (C=O) groups is 4. The van der Waals surface area contributed by atoms with Gasteiger partial charge in [-0.05, 0) is 91.2 Å². The second-order valence-electron chi connectivity index (χ2n) is 22.9. The number of fused-ring (bicyclic) bond motifs is 1. The average Bonchev–Trinajstić information content (AvgIpc) is 4.27. The number of thiazole rings is 1. The Hall–Kier alpha value is -7.08. The Kier molecular flexibility index (Phi) is 18.1. The van der Waals surface area contributed by atoms with Crippen LogP contribution in [0.1, 0.15) is 113 Å². The molecule has 5 atom stereocenters. The molecule has 3 fully saturated rings. The number of unbranched alkanes of at least 4 members (excludes halogenated alkanes) is 2. The van der Waals surface area contributed by atoms with Crippen molar-refractivity contribution in [2.45, 2.75) is 147 Å². The molecule has 0 spiro atoms. The first-order chi connectivity index (χ1) is 38.7. The predicted octanol–water partition coefficient (Wildman–Crippen LogP) is 6.48. The van der Waals surface area contributed by atoms with Crippen molar-refractivity contribution >= 4 is 57.6 Å². The number of hydrogen-bond acceptors (Lipinski definition) is 15. The van der Waals surface area contributed by atoms with Crippen LogP contribution < -0.4 is 27.0 Å². The number of carbonyl (C=O) groups excluding carboxylic acids is 4. The summed E-state index contributed by atoms with van der Waals surface area (Å²) in [7, 11) is 0. The fourth-order valence-electron chi connectivity index (χ4n) is 11.4. The van der Waals surface area contributed by atoms with Gasteiger partial charge in [-0.15, -0.1) is 11.3 Å². The zero-order valence-electron chi connectivity index (χ0n) is 46.2. The van der Waals surface area contributed by atoms with Gasteiger partial charge < -0.3 is 51.6 Å². The highest BCUT2D eigenvalue weighted by Crippen LogP contribution is 2.37. The van der Waals surface area contributed by atoms with Crippen LogP contribution in [-0.2, 0) is 32.3 Å². The molecule has 4 amide bonds. The van der Waals surface area contributed by atoms with E-state index >= 15 is 4.39 Å². The summed E-state index contributed by atoms with van der Waals surface area (Å²) in [6.45, 7) is 9.27. The number of alkyl halides is 2. The Labute approximate surface area is 472 Å². The SMILES string of the molecule is Cc1ncsc1-c1ccc(CNC(=O)[C@@H]2C[C@@H](O)CN2C(=O)[C@@H](NC(=O)CCCCCC(=O)N2CCC(c3ccc(-c4cc(Cn5cnc6c(N)ncnc65)c(N5CCC[C@](N)([C@H](O)C(F)F)C5)cn4)cc3F)CC2)C(C)(C)C)cc1. The van der Waals surface area contributed by atoms with E-state index in [9.17, 15) is 38.2 Å². The fraction of sp³-hybridized carbons (Fsp3) is 0.500. The second-order valence-corrected chi connectivity index (χ2v) is 23.8. The summed E-state index contributed by atoms with van der Waals surface area (Å²) in [5.74, 6) is -1.45. The summed E-state index contributed by atoms with van der Waals surface area (Å²) in [6, 6.07) is 12.8. The molecule has 0 saturated carbocycles. The molecule has 0 unspecified atom stereocenters. The third-order valence-corrected chi connectivity index (χ3v) is 17.0. The molecule has 0 aliphatic carbocycles. The lowest BCUT2D eigenvalue weighted by Gasteiger charge is -2.44. The lowest BCUT2D eigenvalue weighted by molar-refractivity contribution is -0.144. The van der Waals surface area contributed by atoms with Gasteiger partial charge in [0.2, 0.25) is 23.6 Å². The number of β-amino-alcohol motifs (C(OH)–C–C–N with tert-alkyl or cyclic N) is 1. The maximum atomic E-state index is 16.2. The number of likely N-dealkylation sites (tertiary alicyclic amines) is 2. The van der Waals surface area contributed by atoms with Crippen molar-refractivity contribution in [3.05, 3.63) is 101 Å². The van der Waals surface area contributed by atoms with E-state index in [-0.39, 0.29) is 74.9 Å². The quantitative estimate of drug-likeness (QED) is 0.0475. The molecule has 432 valence electrons. The van der Waals surface area contributed by atoms with Crippen molar-refractivity contribution in [2.75, 3.05) is 43.4 Å². The average molecular weight is 1140 g/mol. The number of aryl methyl sites for hydroxylation is 1. The zero-order chi connectivity index (χ0) is 57.8. The third-order valence-electron chi connectivity index (χ3n) is 16.0. The first-order valence-electron chi connectivity index (χ1n) is 27.7. The Morgan fingerprint density at radius 1 is 0.938 bits per heavy atom. The van der Waals surface area contributed by atoms with Crippen molar-refractivity contribution in [1.82, 2.24) is 49.9 Å². The molecule has 81 heavy (non-hydrogen) atoms. The van der Waals surface area contributed by atoms with E-state index in [0.717, 1.165) is 21.7 Å². The third kappa shape index (κ3) is 13.5. The van der Waals surface area contributed by atoms with E-state index in [1.165, 1.54) is 17.3 Å². The van der Waals surface area contributed by atoms with Crippen molar-refractivity contribution in [3.63, 3.8) is 0 Å². The lowest BCUT2D eigenvalue weighted by Crippen LogP contribution is -2.63. The molecule has 8 N–H and O–H groups in total. The number of nitrogens with two attached hydrogens (primary N) is 2. The molecule has 19 nitrogen and oxygen atoms in total. The lowest BCUT2D eigenvalue weighted by atomic mass is 9.84. The highest BCUT2D eigenvalue weighted by Gasteiger charge is 2.45. The van der Waals surface area contributed by atoms with Crippen molar-refractivity contribution in [2.24, 2.45) is 11.1 Å². The van der Waals surface area contributed by atoms with E-state index in [1.54, 1.807) is 40.0 Å². The van der Waals surface area contributed by atoms with Crippen molar-refractivity contribution in [3.8, 4) is 21.7 Å². The summed E-state index contributed by atoms with van der Waals surface area (Å²) in [5.41, 5.74) is 18.6. The number of pyridine rings is 1. The first kappa shape index (κ1) is 58.6. The summed E-state index contributed by atoms with van der Waals surface area (Å²) in [5, 5.41) is 26.9. The number of nitrogen functional groups attached to an aromatic ring is 1. The summed E-state index contributed by atoms with van der Waals surface area (Å²) in [4.78, 5) is 82.3. The number of aromatic nitrogens is 6. The number of anilines is 2. The van der Waals surface area contributed by atoms with Gasteiger partial charge in [-0.3, -0.25) is 24.2 Å². The molecule has 9 rings (SSSR count). The first-order valence-corrected chi connectivity index (χ1v) is 28.6. The summed E-state index contributed by atoms with van der Waals surface area (Å²) < 4.78 is 45.5. The van der Waals surface area contributed by atoms with E-state index in [4.69, 9.17) is 16.5 Å². The molecule has 3 aliphatic heterocycles. The highest BCUT2D eigenvalue weighted by atomic mass is 32.1. The van der Waals surface area contributed by atoms with Gasteiger partial charge in [-0.2, -0.15) is 0 Å². The van der Waals surface area contributed by atoms with E-state index in [1.807, 2.05) is 73.9 Å². The Morgan fingerprint density at radius 2 is 1.68 bits per heavy atom. The number of hydrogen-bond donors (Lipinski definition) is 6. The van der Waals surface area contributed by atoms with Crippen LogP contribution in [0.5, 0.6) is 0 Å². The Morgan fingerprint density at radius 3 is 2.38 bits per heavy atom. The Bertz CT molecular complexity index is 3220. The summed E-state index contributed by atoms with van der Waals surface area (Å²) in [6.07, 6.45) is 2.60. The van der Waals surface area contributed by atoms with E-state index < -0.39 is 53.4 Å². The largest absolute Gasteiger partial charge is 0.391 e. The number of benzene rings is 2. The van der Waals surface area contributed by atoms with E-state index in [0.29, 0.717) is 104 Å². The minimum absolute atomic E-state index is 0.00441. The monoisotopic (exact) mass is 1140 g/mol. The predicted molar refractivity (Wildman–Crippen MR) is 302 cm³/mol. The molecule has 2 aromatic carbocycles. The van der Waals surface area contributed by atoms with Gasteiger partial charge in [0.15, 0.2) is 11.5 Å². The molecule has 3 saturated heterocycles. The fourth-order valence-corrected chi connectivity index (χ4v) is 12.2. The number of rotatable bonds is 19. The van der Waals surface area contributed by atoms with Gasteiger partial charge in [0.25, 0.3) is 6.43 Å². The minimum Gasteiger partial charge on any atom is -0.391 e. The standard InChI is InChI=1S/C58H72F3N13O6S/c1-34-49(81-33-69-34)37-13-11-35(12-14-37)26-65-55(79)44-25-40(75)29-74(44)56(80)50(57(2,3)4)70-46(76)9-6-5-7-10-47(77)71-21-17-36(18-22-71)41-16-15-38(23-42(41)59)43-24-39(28-73-32-68-48-53(62)66-31-67-54(48)73)45(27-64-43)72-20-8-19-58(63,30-72)51(78)52(60)61/h11-16,23-24,27,31-33,36,40,44,50-52,75,78H,5-10,17-22,25-26,28-30,63H2,1-4H3,(H,65,79)(H,70,76)(H2,62,66,67)/t40-,44+,50-,51-,58-/m1/s1. The topological polar surface area (TPSA) is 264 Å². The molecular weight excluding hydrogens is 1060 g/mol. The van der Waals surface area contributed by atoms with E-state index in [2.05, 4.69) is 30.6 Å². The van der Waals surface area contributed by atoms with Crippen LogP contribution in [0, 0.1) is 18.2 Å². The highest BCUT2D eigenvalue weighted by molar-refractivity contribution is 7.13. The normalized spacial score (nSPS) is 19.8. The number of aliphatic hydroxyl groups is 2. The molecule has 7 heterocycles. The maximum absolute atomic E-state index is 16.2. The molecule has 23 heteroatoms. The van der Waals surface area contributed by atoms with Gasteiger partial charge in [-0.25, -0.2) is 33.1 Å². The maximum Gasteiger partial charge on any atom is 0.265 e. The van der Waals surface area contributed by atoms with Gasteiger partial charge in [-0.1, -0.05) is 63.6 Å². The van der Waals surface area contributed by atoms with Gasteiger partial charge in [0, 0.05) is 64.1 Å². The zero-order valence-corrected chi connectivity index (χ0v) is 47.0. The van der Waals surface area contributed by atoms with Crippen LogP contribution in [0.2, 0.25) is 0 Å². The number of piperidine rings is 2. The number of nitrogens with one attached hydrogen (secondary N) is 2. The molecule has 0 radical (unpaired) electrons. The number of aliphatic hydroxyl groups excluding tert-OH is 2. The number of amides is 4. The van der Waals surface area contributed by atoms with Crippen LogP contribution in [0.3, 0.4) is 0 Å². The van der Waals surface area contributed by atoms with Gasteiger partial charge >= 0.3 is 0 Å². The molecule has 3 aliphatic rings. The molecule has 4 aromatic heterocycles. The summed E-state index contributed by atoms with van der Waals surface area (Å²) >= 11 is 1.56. The smallest absolute Gasteiger partial charge is 0.265 e.